The molecule has 0 bridgehead atoms. The van der Waals surface area contributed by atoms with Gasteiger partial charge in [0.2, 0.25) is 0 Å². The molecule has 11 heteroatoms. The standard InChI is InChI=1S/C26H24N5O5P/c1-15-23(16(2)35-31-15)18-13-19(24-20(14-18)29-25(30-24)17-9-10-17)26(36-37(32,33)34,21-7-3-5-11-27-21)22-8-4-6-12-28-22/h3-8,11-14,17H,9-10H2,1-2H3,(H,29,30)(H2,32,33,34). The molecule has 188 valence electrons. The number of aromatic amines is 1. The number of hydrogen-bond donors (Lipinski definition) is 3. The van der Waals surface area contributed by atoms with Gasteiger partial charge in [-0.2, -0.15) is 0 Å². The number of benzene rings is 1. The van der Waals surface area contributed by atoms with Crippen molar-refractivity contribution in [1.29, 1.82) is 0 Å². The van der Waals surface area contributed by atoms with Gasteiger partial charge in [0.1, 0.15) is 11.6 Å². The maximum atomic E-state index is 12.6. The number of pyridine rings is 2. The predicted molar refractivity (Wildman–Crippen MR) is 135 cm³/mol. The van der Waals surface area contributed by atoms with Gasteiger partial charge in [-0.25, -0.2) is 9.55 Å². The number of H-pyrrole nitrogens is 1. The number of phosphoric acid groups is 1. The van der Waals surface area contributed by atoms with Crippen LogP contribution in [0.1, 0.15) is 53.0 Å². The zero-order valence-electron chi connectivity index (χ0n) is 20.1. The summed E-state index contributed by atoms with van der Waals surface area (Å²) in [6.07, 6.45) is 5.14. The van der Waals surface area contributed by atoms with Crippen molar-refractivity contribution in [2.45, 2.75) is 38.2 Å². The van der Waals surface area contributed by atoms with Crippen molar-refractivity contribution < 1.29 is 23.4 Å². The molecule has 0 spiro atoms. The highest BCUT2D eigenvalue weighted by Gasteiger charge is 2.48. The molecule has 5 aromatic rings. The summed E-state index contributed by atoms with van der Waals surface area (Å²) in [5.74, 6) is 1.74. The Balaban J connectivity index is 1.76. The second kappa shape index (κ2) is 8.71. The Hall–Kier alpha value is -3.69. The largest absolute Gasteiger partial charge is 0.471 e. The maximum absolute atomic E-state index is 12.6. The van der Waals surface area contributed by atoms with Crippen LogP contribution >= 0.6 is 7.82 Å². The van der Waals surface area contributed by atoms with Crippen LogP contribution in [0.5, 0.6) is 0 Å². The highest BCUT2D eigenvalue weighted by atomic mass is 31.2. The van der Waals surface area contributed by atoms with Crippen LogP contribution < -0.4 is 0 Å². The van der Waals surface area contributed by atoms with Crippen molar-refractivity contribution >= 4 is 18.9 Å². The lowest BCUT2D eigenvalue weighted by atomic mass is 9.83. The zero-order chi connectivity index (χ0) is 25.8. The van der Waals surface area contributed by atoms with Crippen LogP contribution in [0.25, 0.3) is 22.2 Å². The first-order valence-electron chi connectivity index (χ1n) is 11.8. The molecule has 1 aliphatic carbocycles. The number of aryl methyl sites for hydroxylation is 2. The number of rotatable bonds is 7. The molecule has 10 nitrogen and oxygen atoms in total. The van der Waals surface area contributed by atoms with E-state index in [9.17, 15) is 14.4 Å². The van der Waals surface area contributed by atoms with Crippen LogP contribution in [0, 0.1) is 13.8 Å². The zero-order valence-corrected chi connectivity index (χ0v) is 21.0. The van der Waals surface area contributed by atoms with Crippen molar-refractivity contribution in [1.82, 2.24) is 25.1 Å². The Kier molecular flexibility index (Phi) is 5.58. The number of fused-ring (bicyclic) bond motifs is 1. The van der Waals surface area contributed by atoms with E-state index in [2.05, 4.69) is 20.1 Å². The van der Waals surface area contributed by atoms with Gasteiger partial charge in [-0.05, 0) is 68.7 Å². The van der Waals surface area contributed by atoms with Crippen LogP contribution in [-0.2, 0) is 14.7 Å². The topological polar surface area (TPSA) is 147 Å². The second-order valence-electron chi connectivity index (χ2n) is 9.21. The monoisotopic (exact) mass is 517 g/mol. The van der Waals surface area contributed by atoms with Gasteiger partial charge in [0.25, 0.3) is 0 Å². The average molecular weight is 517 g/mol. The predicted octanol–water partition coefficient (Wildman–Crippen LogP) is 4.90. The lowest BCUT2D eigenvalue weighted by Crippen LogP contribution is -2.34. The minimum absolute atomic E-state index is 0.255. The number of imidazole rings is 1. The lowest BCUT2D eigenvalue weighted by Gasteiger charge is -2.33. The molecule has 6 rings (SSSR count). The number of nitrogens with zero attached hydrogens (tertiary/aromatic N) is 4. The van der Waals surface area contributed by atoms with Crippen LogP contribution in [0.3, 0.4) is 0 Å². The van der Waals surface area contributed by atoms with E-state index >= 15 is 0 Å². The minimum Gasteiger partial charge on any atom is -0.361 e. The van der Waals surface area contributed by atoms with E-state index in [0.29, 0.717) is 34.0 Å². The van der Waals surface area contributed by atoms with Crippen LogP contribution in [0.2, 0.25) is 0 Å². The fourth-order valence-corrected chi connectivity index (χ4v) is 5.51. The smallest absolute Gasteiger partial charge is 0.361 e. The molecule has 0 aliphatic heterocycles. The molecule has 0 unspecified atom stereocenters. The van der Waals surface area contributed by atoms with E-state index < -0.39 is 13.4 Å². The summed E-state index contributed by atoms with van der Waals surface area (Å²) >= 11 is 0. The highest BCUT2D eigenvalue weighted by molar-refractivity contribution is 7.46. The van der Waals surface area contributed by atoms with Crippen LogP contribution in [0.15, 0.2) is 65.4 Å². The van der Waals surface area contributed by atoms with Gasteiger partial charge in [0, 0.05) is 29.4 Å². The summed E-state index contributed by atoms with van der Waals surface area (Å²) < 4.78 is 23.8. The lowest BCUT2D eigenvalue weighted by molar-refractivity contribution is 0.0918. The van der Waals surface area contributed by atoms with E-state index in [1.807, 2.05) is 26.0 Å². The number of nitrogens with one attached hydrogen (secondary N) is 1. The molecular weight excluding hydrogens is 493 g/mol. The van der Waals surface area contributed by atoms with Gasteiger partial charge in [0.15, 0.2) is 5.60 Å². The first-order valence-corrected chi connectivity index (χ1v) is 13.4. The van der Waals surface area contributed by atoms with E-state index in [0.717, 1.165) is 29.8 Å². The fraction of sp³-hybridized carbons (Fsp3) is 0.231. The number of hydrogen-bond acceptors (Lipinski definition) is 7. The normalized spacial score (nSPS) is 14.4. The summed E-state index contributed by atoms with van der Waals surface area (Å²) in [4.78, 5) is 37.8. The molecule has 1 aromatic carbocycles. The first-order chi connectivity index (χ1) is 17.8. The number of aromatic nitrogens is 5. The molecule has 3 N–H and O–H groups in total. The molecule has 1 aliphatic rings. The van der Waals surface area contributed by atoms with Gasteiger partial charge in [-0.1, -0.05) is 17.3 Å². The Morgan fingerprint density at radius 3 is 2.24 bits per heavy atom. The molecule has 0 saturated heterocycles. The summed E-state index contributed by atoms with van der Waals surface area (Å²) in [6.45, 7) is 3.66. The summed E-state index contributed by atoms with van der Waals surface area (Å²) in [5, 5.41) is 4.10. The van der Waals surface area contributed by atoms with Gasteiger partial charge < -0.3 is 19.3 Å². The quantitative estimate of drug-likeness (QED) is 0.256. The minimum atomic E-state index is -5.10. The van der Waals surface area contributed by atoms with Crippen molar-refractivity contribution in [2.24, 2.45) is 0 Å². The van der Waals surface area contributed by atoms with Gasteiger partial charge in [0.05, 0.1) is 28.1 Å². The molecule has 0 amide bonds. The van der Waals surface area contributed by atoms with Crippen LogP contribution in [-0.4, -0.2) is 34.9 Å². The Morgan fingerprint density at radius 1 is 1.05 bits per heavy atom. The molecule has 0 radical (unpaired) electrons. The molecular formula is C26H24N5O5P. The summed E-state index contributed by atoms with van der Waals surface area (Å²) in [6, 6.07) is 14.0. The van der Waals surface area contributed by atoms with E-state index in [4.69, 9.17) is 14.0 Å². The van der Waals surface area contributed by atoms with Gasteiger partial charge in [-0.3, -0.25) is 14.5 Å². The highest BCUT2D eigenvalue weighted by Crippen LogP contribution is 2.53. The third kappa shape index (κ3) is 4.18. The Bertz CT molecular complexity index is 1580. The fourth-order valence-electron chi connectivity index (χ4n) is 4.86. The van der Waals surface area contributed by atoms with E-state index in [1.165, 1.54) is 0 Å². The Morgan fingerprint density at radius 2 is 1.73 bits per heavy atom. The van der Waals surface area contributed by atoms with Crippen molar-refractivity contribution in [3.63, 3.8) is 0 Å². The first kappa shape index (κ1) is 23.7. The van der Waals surface area contributed by atoms with Crippen molar-refractivity contribution in [2.75, 3.05) is 0 Å². The van der Waals surface area contributed by atoms with Gasteiger partial charge >= 0.3 is 7.82 Å². The Labute approximate surface area is 212 Å². The van der Waals surface area contributed by atoms with Gasteiger partial charge in [-0.15, -0.1) is 0 Å². The summed E-state index contributed by atoms with van der Waals surface area (Å²) in [5.41, 5.74) is 2.42. The van der Waals surface area contributed by atoms with Crippen molar-refractivity contribution in [3.8, 4) is 11.1 Å². The van der Waals surface area contributed by atoms with E-state index in [1.54, 1.807) is 48.8 Å². The maximum Gasteiger partial charge on any atom is 0.471 e. The third-order valence-corrected chi connectivity index (χ3v) is 7.09. The van der Waals surface area contributed by atoms with Crippen molar-refractivity contribution in [3.05, 3.63) is 95.2 Å². The van der Waals surface area contributed by atoms with Crippen LogP contribution in [0.4, 0.5) is 0 Å². The molecule has 1 saturated carbocycles. The SMILES string of the molecule is Cc1noc(C)c1-c1cc(C(OP(=O)(O)O)(c2ccccn2)c2ccccn2)c2nc(C3CC3)[nH]c2c1. The molecule has 37 heavy (non-hydrogen) atoms. The third-order valence-electron chi connectivity index (χ3n) is 6.58. The molecule has 4 aromatic heterocycles. The molecule has 0 atom stereocenters. The summed E-state index contributed by atoms with van der Waals surface area (Å²) in [7, 11) is -5.10. The second-order valence-corrected chi connectivity index (χ2v) is 10.4. The molecule has 1 fully saturated rings. The average Bonchev–Trinajstić information content (AvgIpc) is 3.56. The molecule has 4 heterocycles. The van der Waals surface area contributed by atoms with E-state index in [-0.39, 0.29) is 11.4 Å². The number of phosphoric ester groups is 1.